The lowest BCUT2D eigenvalue weighted by Gasteiger charge is -2.13. The quantitative estimate of drug-likeness (QED) is 0.937. The first-order valence-electron chi connectivity index (χ1n) is 7.57. The molecule has 2 aromatic rings. The number of rotatable bonds is 4. The Bertz CT molecular complexity index is 761. The molecule has 1 aliphatic heterocycles. The van der Waals surface area contributed by atoms with E-state index in [1.165, 1.54) is 5.56 Å². The summed E-state index contributed by atoms with van der Waals surface area (Å²) in [5.74, 6) is -0.260. The Morgan fingerprint density at radius 2 is 2.24 bits per heavy atom. The van der Waals surface area contributed by atoms with Crippen LogP contribution < -0.4 is 10.7 Å². The molecule has 1 amide bonds. The summed E-state index contributed by atoms with van der Waals surface area (Å²) in [6.45, 7) is 4.88. The molecule has 2 heterocycles. The predicted octanol–water partition coefficient (Wildman–Crippen LogP) is 2.48. The number of nitrogens with zero attached hydrogens (tertiary/aromatic N) is 1. The molecule has 0 saturated carbocycles. The molecule has 3 rings (SSSR count). The van der Waals surface area contributed by atoms with Gasteiger partial charge in [-0.3, -0.25) is 9.59 Å². The lowest BCUT2D eigenvalue weighted by molar-refractivity contribution is 0.0936. The average Bonchev–Trinajstić information content (AvgIpc) is 2.87. The van der Waals surface area contributed by atoms with E-state index in [0.717, 1.165) is 31.3 Å². The summed E-state index contributed by atoms with van der Waals surface area (Å²) in [5.41, 5.74) is 2.27. The number of hydrogen-bond acceptors (Lipinski definition) is 2. The van der Waals surface area contributed by atoms with Gasteiger partial charge in [-0.05, 0) is 31.4 Å². The largest absolute Gasteiger partial charge is 0.349 e. The fourth-order valence-corrected chi connectivity index (χ4v) is 3.13. The van der Waals surface area contributed by atoms with Crippen molar-refractivity contribution in [3.05, 3.63) is 45.7 Å². The molecule has 4 heteroatoms. The van der Waals surface area contributed by atoms with Crippen molar-refractivity contribution in [3.63, 3.8) is 0 Å². The van der Waals surface area contributed by atoms with Gasteiger partial charge in [0, 0.05) is 24.2 Å². The standard InChI is InChI=1S/C17H20N2O2/c1-3-5-11(2)18-17(21)14-10-19-9-8-12-6-4-7-13(15(12)19)16(14)20/h4,6-7,10-11H,3,5,8-9H2,1-2H3,(H,18,21)/t11-/m1/s1. The summed E-state index contributed by atoms with van der Waals surface area (Å²) >= 11 is 0. The predicted molar refractivity (Wildman–Crippen MR) is 83.7 cm³/mol. The van der Waals surface area contributed by atoms with Crippen LogP contribution in [0.2, 0.25) is 0 Å². The zero-order valence-electron chi connectivity index (χ0n) is 12.5. The molecule has 0 fully saturated rings. The van der Waals surface area contributed by atoms with Crippen molar-refractivity contribution >= 4 is 16.8 Å². The molecule has 1 aromatic heterocycles. The van der Waals surface area contributed by atoms with Crippen molar-refractivity contribution in [1.82, 2.24) is 9.88 Å². The number of amides is 1. The lowest BCUT2D eigenvalue weighted by Crippen LogP contribution is -2.35. The van der Waals surface area contributed by atoms with Crippen LogP contribution in [-0.2, 0) is 13.0 Å². The minimum absolute atomic E-state index is 0.0857. The summed E-state index contributed by atoms with van der Waals surface area (Å²) in [7, 11) is 0. The van der Waals surface area contributed by atoms with Gasteiger partial charge < -0.3 is 9.88 Å². The highest BCUT2D eigenvalue weighted by Crippen LogP contribution is 2.23. The Morgan fingerprint density at radius 3 is 3.00 bits per heavy atom. The van der Waals surface area contributed by atoms with E-state index in [4.69, 9.17) is 0 Å². The molecule has 0 spiro atoms. The molecule has 1 N–H and O–H groups in total. The average molecular weight is 284 g/mol. The molecular formula is C17H20N2O2. The summed E-state index contributed by atoms with van der Waals surface area (Å²) in [4.78, 5) is 24.9. The molecule has 110 valence electrons. The minimum Gasteiger partial charge on any atom is -0.349 e. The Morgan fingerprint density at radius 1 is 1.43 bits per heavy atom. The second kappa shape index (κ2) is 5.35. The van der Waals surface area contributed by atoms with Crippen molar-refractivity contribution in [3.8, 4) is 0 Å². The molecule has 21 heavy (non-hydrogen) atoms. The first-order chi connectivity index (χ1) is 10.1. The summed E-state index contributed by atoms with van der Waals surface area (Å²) < 4.78 is 2.03. The van der Waals surface area contributed by atoms with E-state index < -0.39 is 0 Å². The fraction of sp³-hybridized carbons (Fsp3) is 0.412. The number of carbonyl (C=O) groups excluding carboxylic acids is 1. The van der Waals surface area contributed by atoms with Gasteiger partial charge >= 0.3 is 0 Å². The van der Waals surface area contributed by atoms with E-state index in [0.29, 0.717) is 5.39 Å². The van der Waals surface area contributed by atoms with E-state index in [-0.39, 0.29) is 22.9 Å². The molecule has 0 radical (unpaired) electrons. The summed E-state index contributed by atoms with van der Waals surface area (Å²) in [6, 6.07) is 5.85. The van der Waals surface area contributed by atoms with E-state index >= 15 is 0 Å². The Labute approximate surface area is 123 Å². The van der Waals surface area contributed by atoms with Crippen molar-refractivity contribution in [1.29, 1.82) is 0 Å². The van der Waals surface area contributed by atoms with Gasteiger partial charge in [0.15, 0.2) is 0 Å². The van der Waals surface area contributed by atoms with Crippen LogP contribution in [0, 0.1) is 0 Å². The smallest absolute Gasteiger partial charge is 0.256 e. The number of hydrogen-bond donors (Lipinski definition) is 1. The van der Waals surface area contributed by atoms with Crippen LogP contribution in [0.4, 0.5) is 0 Å². The van der Waals surface area contributed by atoms with Gasteiger partial charge in [0.25, 0.3) is 5.91 Å². The lowest BCUT2D eigenvalue weighted by atomic mass is 10.1. The molecule has 0 aliphatic carbocycles. The molecule has 0 saturated heterocycles. The normalized spacial score (nSPS) is 14.4. The van der Waals surface area contributed by atoms with Gasteiger partial charge in [-0.2, -0.15) is 0 Å². The van der Waals surface area contributed by atoms with Crippen LogP contribution in [0.5, 0.6) is 0 Å². The van der Waals surface area contributed by atoms with Crippen LogP contribution in [0.25, 0.3) is 10.9 Å². The van der Waals surface area contributed by atoms with E-state index in [2.05, 4.69) is 12.2 Å². The number of carbonyl (C=O) groups is 1. The van der Waals surface area contributed by atoms with Crippen LogP contribution in [-0.4, -0.2) is 16.5 Å². The van der Waals surface area contributed by atoms with Gasteiger partial charge in [-0.25, -0.2) is 0 Å². The third kappa shape index (κ3) is 2.35. The molecular weight excluding hydrogens is 264 g/mol. The molecule has 0 unspecified atom stereocenters. The van der Waals surface area contributed by atoms with Crippen molar-refractivity contribution in [2.45, 2.75) is 45.7 Å². The summed E-state index contributed by atoms with van der Waals surface area (Å²) in [5, 5.41) is 3.57. The maximum Gasteiger partial charge on any atom is 0.256 e. The number of benzene rings is 1. The molecule has 4 nitrogen and oxygen atoms in total. The number of aromatic nitrogens is 1. The zero-order valence-corrected chi connectivity index (χ0v) is 12.5. The maximum atomic E-state index is 12.6. The number of para-hydroxylation sites is 1. The third-order valence-electron chi connectivity index (χ3n) is 4.15. The van der Waals surface area contributed by atoms with Crippen LogP contribution in [0.3, 0.4) is 0 Å². The van der Waals surface area contributed by atoms with Crippen LogP contribution in [0.15, 0.2) is 29.2 Å². The van der Waals surface area contributed by atoms with Crippen molar-refractivity contribution in [2.75, 3.05) is 0 Å². The third-order valence-corrected chi connectivity index (χ3v) is 4.15. The van der Waals surface area contributed by atoms with Crippen LogP contribution >= 0.6 is 0 Å². The fourth-order valence-electron chi connectivity index (χ4n) is 3.13. The van der Waals surface area contributed by atoms with E-state index in [1.54, 1.807) is 6.20 Å². The minimum atomic E-state index is -0.260. The molecule has 1 aromatic carbocycles. The zero-order chi connectivity index (χ0) is 15.0. The van der Waals surface area contributed by atoms with Crippen LogP contribution in [0.1, 0.15) is 42.6 Å². The Balaban J connectivity index is 2.04. The highest BCUT2D eigenvalue weighted by Gasteiger charge is 2.20. The van der Waals surface area contributed by atoms with Crippen molar-refractivity contribution < 1.29 is 4.79 Å². The van der Waals surface area contributed by atoms with Gasteiger partial charge in [-0.1, -0.05) is 25.5 Å². The monoisotopic (exact) mass is 284 g/mol. The molecule has 1 atom stereocenters. The first kappa shape index (κ1) is 13.9. The highest BCUT2D eigenvalue weighted by atomic mass is 16.2. The second-order valence-electron chi connectivity index (χ2n) is 5.79. The first-order valence-corrected chi connectivity index (χ1v) is 7.57. The Hall–Kier alpha value is -2.10. The topological polar surface area (TPSA) is 51.1 Å². The maximum absolute atomic E-state index is 12.6. The van der Waals surface area contributed by atoms with E-state index in [9.17, 15) is 9.59 Å². The number of pyridine rings is 1. The number of aryl methyl sites for hydroxylation is 2. The van der Waals surface area contributed by atoms with Crippen molar-refractivity contribution in [2.24, 2.45) is 0 Å². The van der Waals surface area contributed by atoms with E-state index in [1.807, 2.05) is 29.7 Å². The molecule has 1 aliphatic rings. The second-order valence-corrected chi connectivity index (χ2v) is 5.79. The summed E-state index contributed by atoms with van der Waals surface area (Å²) in [6.07, 6.45) is 4.56. The Kier molecular flexibility index (Phi) is 3.53. The van der Waals surface area contributed by atoms with Gasteiger partial charge in [-0.15, -0.1) is 0 Å². The highest BCUT2D eigenvalue weighted by molar-refractivity contribution is 5.98. The van der Waals surface area contributed by atoms with Gasteiger partial charge in [0.2, 0.25) is 5.43 Å². The van der Waals surface area contributed by atoms with Gasteiger partial charge in [0.05, 0.1) is 5.52 Å². The molecule has 0 bridgehead atoms. The SMILES string of the molecule is CCC[C@@H](C)NC(=O)c1cn2c3c(cccc3c1=O)CC2. The van der Waals surface area contributed by atoms with Gasteiger partial charge in [0.1, 0.15) is 5.56 Å². The number of nitrogens with one attached hydrogen (secondary N) is 1.